The topological polar surface area (TPSA) is 41.3 Å². The Balaban J connectivity index is 2.16. The summed E-state index contributed by atoms with van der Waals surface area (Å²) >= 11 is 0. The first kappa shape index (κ1) is 13.6. The predicted molar refractivity (Wildman–Crippen MR) is 72.4 cm³/mol. The highest BCUT2D eigenvalue weighted by Gasteiger charge is 2.35. The van der Waals surface area contributed by atoms with Gasteiger partial charge in [0.05, 0.1) is 0 Å². The molecule has 0 aliphatic carbocycles. The molecule has 1 aromatic heterocycles. The number of aryl methyl sites for hydroxylation is 1. The van der Waals surface area contributed by atoms with Gasteiger partial charge in [0.15, 0.2) is 0 Å². The Morgan fingerprint density at radius 3 is 2.89 bits per heavy atom. The molecule has 0 saturated carbocycles. The Morgan fingerprint density at radius 2 is 2.17 bits per heavy atom. The molecule has 18 heavy (non-hydrogen) atoms. The summed E-state index contributed by atoms with van der Waals surface area (Å²) in [6.45, 7) is 8.40. The maximum atomic E-state index is 10.9. The van der Waals surface area contributed by atoms with Crippen molar-refractivity contribution in [2.24, 2.45) is 0 Å². The van der Waals surface area contributed by atoms with Crippen LogP contribution in [-0.4, -0.2) is 39.2 Å². The number of aliphatic hydroxyl groups is 1. The summed E-state index contributed by atoms with van der Waals surface area (Å²) < 4.78 is 2.11. The molecule has 4 nitrogen and oxygen atoms in total. The summed E-state index contributed by atoms with van der Waals surface area (Å²) in [5.41, 5.74) is -0.734. The van der Waals surface area contributed by atoms with Gasteiger partial charge in [-0.15, -0.1) is 0 Å². The molecule has 2 rings (SSSR count). The van der Waals surface area contributed by atoms with Gasteiger partial charge in [-0.25, -0.2) is 4.98 Å². The molecule has 1 N–H and O–H groups in total. The zero-order valence-electron chi connectivity index (χ0n) is 11.6. The third kappa shape index (κ3) is 2.75. The Labute approximate surface area is 110 Å². The van der Waals surface area contributed by atoms with Crippen molar-refractivity contribution in [2.45, 2.75) is 51.7 Å². The lowest BCUT2D eigenvalue weighted by Crippen LogP contribution is -2.32. The lowest BCUT2D eigenvalue weighted by molar-refractivity contribution is 0.00914. The van der Waals surface area contributed by atoms with Crippen LogP contribution in [-0.2, 0) is 12.1 Å². The highest BCUT2D eigenvalue weighted by molar-refractivity contribution is 5.06. The van der Waals surface area contributed by atoms with Crippen molar-refractivity contribution in [1.29, 1.82) is 0 Å². The molecule has 1 atom stereocenters. The summed E-state index contributed by atoms with van der Waals surface area (Å²) in [6, 6.07) is 0. The third-order valence-electron chi connectivity index (χ3n) is 3.95. The molecular weight excluding hydrogens is 226 g/mol. The van der Waals surface area contributed by atoms with Crippen LogP contribution >= 0.6 is 0 Å². The van der Waals surface area contributed by atoms with Crippen molar-refractivity contribution in [3.05, 3.63) is 18.2 Å². The lowest BCUT2D eigenvalue weighted by Gasteiger charge is -2.27. The number of hydrogen-bond donors (Lipinski definition) is 1. The quantitative estimate of drug-likeness (QED) is 0.889. The van der Waals surface area contributed by atoms with Crippen LogP contribution < -0.4 is 0 Å². The van der Waals surface area contributed by atoms with Gasteiger partial charge in [-0.2, -0.15) is 0 Å². The minimum atomic E-state index is -0.734. The molecule has 1 saturated heterocycles. The van der Waals surface area contributed by atoms with E-state index < -0.39 is 5.60 Å². The zero-order chi connectivity index (χ0) is 13.0. The monoisotopic (exact) mass is 251 g/mol. The second-order valence-electron chi connectivity index (χ2n) is 5.26. The number of nitrogens with zero attached hydrogens (tertiary/aromatic N) is 3. The molecule has 1 aliphatic rings. The van der Waals surface area contributed by atoms with Crippen LogP contribution in [0.15, 0.2) is 12.4 Å². The summed E-state index contributed by atoms with van der Waals surface area (Å²) in [5, 5.41) is 10.9. The first-order chi connectivity index (χ1) is 8.69. The van der Waals surface area contributed by atoms with Crippen LogP contribution in [0.3, 0.4) is 0 Å². The van der Waals surface area contributed by atoms with Crippen molar-refractivity contribution in [3.8, 4) is 0 Å². The van der Waals surface area contributed by atoms with Gasteiger partial charge in [0, 0.05) is 25.5 Å². The van der Waals surface area contributed by atoms with Gasteiger partial charge in [-0.05, 0) is 38.8 Å². The van der Waals surface area contributed by atoms with Crippen molar-refractivity contribution < 1.29 is 5.11 Å². The fraction of sp³-hybridized carbons (Fsp3) is 0.786. The molecule has 0 spiro atoms. The molecule has 1 unspecified atom stereocenters. The Bertz CT molecular complexity index is 377. The van der Waals surface area contributed by atoms with E-state index >= 15 is 0 Å². The van der Waals surface area contributed by atoms with E-state index in [1.54, 1.807) is 0 Å². The maximum Gasteiger partial charge on any atom is 0.140 e. The smallest absolute Gasteiger partial charge is 0.140 e. The van der Waals surface area contributed by atoms with Crippen LogP contribution in [0.1, 0.15) is 45.4 Å². The van der Waals surface area contributed by atoms with Gasteiger partial charge in [-0.1, -0.05) is 13.8 Å². The van der Waals surface area contributed by atoms with E-state index in [-0.39, 0.29) is 0 Å². The highest BCUT2D eigenvalue weighted by Crippen LogP contribution is 2.31. The van der Waals surface area contributed by atoms with Crippen molar-refractivity contribution in [1.82, 2.24) is 14.5 Å². The molecule has 4 heteroatoms. The molecule has 1 aromatic rings. The molecule has 1 aliphatic heterocycles. The molecule has 0 bridgehead atoms. The molecule has 102 valence electrons. The average molecular weight is 251 g/mol. The van der Waals surface area contributed by atoms with Gasteiger partial charge >= 0.3 is 0 Å². The van der Waals surface area contributed by atoms with E-state index in [1.165, 1.54) is 0 Å². The first-order valence-corrected chi connectivity index (χ1v) is 7.16. The van der Waals surface area contributed by atoms with E-state index in [4.69, 9.17) is 0 Å². The van der Waals surface area contributed by atoms with Crippen LogP contribution in [0.4, 0.5) is 0 Å². The van der Waals surface area contributed by atoms with Crippen LogP contribution in [0, 0.1) is 0 Å². The Morgan fingerprint density at radius 1 is 1.33 bits per heavy atom. The molecule has 0 amide bonds. The van der Waals surface area contributed by atoms with Crippen LogP contribution in [0.25, 0.3) is 0 Å². The normalized spacial score (nSPS) is 26.2. The van der Waals surface area contributed by atoms with E-state index in [0.29, 0.717) is 0 Å². The van der Waals surface area contributed by atoms with E-state index in [1.807, 2.05) is 12.4 Å². The molecule has 1 fully saturated rings. The molecular formula is C14H25N3O. The fourth-order valence-electron chi connectivity index (χ4n) is 2.85. The number of aromatic nitrogens is 2. The highest BCUT2D eigenvalue weighted by atomic mass is 16.3. The number of imidazole rings is 1. The number of hydrogen-bond acceptors (Lipinski definition) is 3. The SMILES string of the molecule is CCCn1ccnc1C1(O)CCCN(CC)CC1. The van der Waals surface area contributed by atoms with Gasteiger partial charge in [-0.3, -0.25) is 0 Å². The second kappa shape index (κ2) is 5.85. The average Bonchev–Trinajstić information content (AvgIpc) is 2.74. The van der Waals surface area contributed by atoms with E-state index in [0.717, 1.165) is 57.7 Å². The summed E-state index contributed by atoms with van der Waals surface area (Å²) in [4.78, 5) is 6.83. The summed E-state index contributed by atoms with van der Waals surface area (Å²) in [5.74, 6) is 0.863. The van der Waals surface area contributed by atoms with Gasteiger partial charge in [0.25, 0.3) is 0 Å². The van der Waals surface area contributed by atoms with Gasteiger partial charge in [0.2, 0.25) is 0 Å². The minimum absolute atomic E-state index is 0.734. The fourth-order valence-corrected chi connectivity index (χ4v) is 2.85. The largest absolute Gasteiger partial charge is 0.382 e. The number of likely N-dealkylation sites (tertiary alicyclic amines) is 1. The van der Waals surface area contributed by atoms with Gasteiger partial charge < -0.3 is 14.6 Å². The molecule has 2 heterocycles. The van der Waals surface area contributed by atoms with Crippen LogP contribution in [0.2, 0.25) is 0 Å². The second-order valence-corrected chi connectivity index (χ2v) is 5.26. The summed E-state index contributed by atoms with van der Waals surface area (Å²) in [6.07, 6.45) is 7.53. The minimum Gasteiger partial charge on any atom is -0.382 e. The van der Waals surface area contributed by atoms with E-state index in [9.17, 15) is 5.11 Å². The summed E-state index contributed by atoms with van der Waals surface area (Å²) in [7, 11) is 0. The number of rotatable bonds is 4. The third-order valence-corrected chi connectivity index (χ3v) is 3.95. The molecule has 0 aromatic carbocycles. The lowest BCUT2D eigenvalue weighted by atomic mass is 9.94. The maximum absolute atomic E-state index is 10.9. The van der Waals surface area contributed by atoms with Crippen molar-refractivity contribution in [3.63, 3.8) is 0 Å². The van der Waals surface area contributed by atoms with Crippen molar-refractivity contribution >= 4 is 0 Å². The van der Waals surface area contributed by atoms with E-state index in [2.05, 4.69) is 28.3 Å². The first-order valence-electron chi connectivity index (χ1n) is 7.16. The predicted octanol–water partition coefficient (Wildman–Crippen LogP) is 1.99. The standard InChI is InChI=1S/C14H25N3O/c1-3-9-17-12-8-15-13(17)14(18)6-5-10-16(4-2)11-7-14/h8,12,18H,3-7,9-11H2,1-2H3. The van der Waals surface area contributed by atoms with Crippen LogP contribution in [0.5, 0.6) is 0 Å². The van der Waals surface area contributed by atoms with Gasteiger partial charge in [0.1, 0.15) is 11.4 Å². The Hall–Kier alpha value is -0.870. The van der Waals surface area contributed by atoms with Crippen molar-refractivity contribution in [2.75, 3.05) is 19.6 Å². The Kier molecular flexibility index (Phi) is 4.40. The zero-order valence-corrected chi connectivity index (χ0v) is 11.6. The molecule has 0 radical (unpaired) electrons.